The summed E-state index contributed by atoms with van der Waals surface area (Å²) in [6.07, 6.45) is 4.45. The molecule has 0 unspecified atom stereocenters. The van der Waals surface area contributed by atoms with Crippen molar-refractivity contribution in [3.05, 3.63) is 29.8 Å². The third-order valence-electron chi connectivity index (χ3n) is 5.55. The van der Waals surface area contributed by atoms with Crippen LogP contribution in [-0.2, 0) is 20.2 Å². The van der Waals surface area contributed by atoms with Crippen molar-refractivity contribution < 1.29 is 17.9 Å². The van der Waals surface area contributed by atoms with Crippen LogP contribution in [0.3, 0.4) is 0 Å². The lowest BCUT2D eigenvalue weighted by Crippen LogP contribution is -2.44. The van der Waals surface area contributed by atoms with Crippen LogP contribution in [0.25, 0.3) is 0 Å². The number of sulfonamides is 1. The average Bonchev–Trinajstić information content (AvgIpc) is 3.23. The largest absolute Gasteiger partial charge is 0.497 e. The molecular formula is C18H26N2O4S. The van der Waals surface area contributed by atoms with E-state index in [9.17, 15) is 13.2 Å². The molecule has 0 bridgehead atoms. The highest BCUT2D eigenvalue weighted by molar-refractivity contribution is 7.89. The second kappa shape index (κ2) is 6.96. The molecule has 3 rings (SSSR count). The standard InChI is InChI=1S/C18H26N2O4S/c1-24-16-6-4-15(5-7-16)18(9-2-3-10-18)17(21)20-11-8-14(12-20)13-25(19,22)23/h4-7,14H,2-3,8-13H2,1H3,(H2,19,22,23)/t14-/m1/s1. The molecule has 2 N–H and O–H groups in total. The van der Waals surface area contributed by atoms with Crippen molar-refractivity contribution in [1.82, 2.24) is 4.90 Å². The van der Waals surface area contributed by atoms with E-state index in [1.54, 1.807) is 7.11 Å². The Morgan fingerprint density at radius 3 is 2.48 bits per heavy atom. The number of hydrogen-bond donors (Lipinski definition) is 1. The number of carbonyl (C=O) groups excluding carboxylic acids is 1. The van der Waals surface area contributed by atoms with Gasteiger partial charge in [-0.3, -0.25) is 4.79 Å². The van der Waals surface area contributed by atoms with Crippen molar-refractivity contribution in [2.75, 3.05) is 26.0 Å². The Bertz CT molecular complexity index is 724. The van der Waals surface area contributed by atoms with E-state index in [0.29, 0.717) is 19.5 Å². The highest BCUT2D eigenvalue weighted by Gasteiger charge is 2.46. The molecule has 6 nitrogen and oxygen atoms in total. The molecule has 0 radical (unpaired) electrons. The van der Waals surface area contributed by atoms with E-state index < -0.39 is 15.4 Å². The molecule has 1 aliphatic heterocycles. The number of primary sulfonamides is 1. The summed E-state index contributed by atoms with van der Waals surface area (Å²) in [4.78, 5) is 15.2. The number of carbonyl (C=O) groups is 1. The van der Waals surface area contributed by atoms with Crippen LogP contribution in [0.1, 0.15) is 37.7 Å². The monoisotopic (exact) mass is 366 g/mol. The number of nitrogens with two attached hydrogens (primary N) is 1. The first-order valence-corrected chi connectivity index (χ1v) is 10.5. The lowest BCUT2D eigenvalue weighted by atomic mass is 9.77. The van der Waals surface area contributed by atoms with Gasteiger partial charge in [-0.25, -0.2) is 13.6 Å². The summed E-state index contributed by atoms with van der Waals surface area (Å²) in [6, 6.07) is 7.77. The molecule has 1 aromatic rings. The number of rotatable bonds is 5. The van der Waals surface area contributed by atoms with E-state index in [1.165, 1.54) is 0 Å². The molecule has 1 saturated heterocycles. The van der Waals surface area contributed by atoms with Gasteiger partial charge in [-0.15, -0.1) is 0 Å². The maximum atomic E-state index is 13.3. The first kappa shape index (κ1) is 18.2. The highest BCUT2D eigenvalue weighted by Crippen LogP contribution is 2.43. The highest BCUT2D eigenvalue weighted by atomic mass is 32.2. The topological polar surface area (TPSA) is 89.7 Å². The fourth-order valence-corrected chi connectivity index (χ4v) is 5.23. The number of nitrogens with zero attached hydrogens (tertiary/aromatic N) is 1. The van der Waals surface area contributed by atoms with Gasteiger partial charge in [-0.2, -0.15) is 0 Å². The fourth-order valence-electron chi connectivity index (χ4n) is 4.30. The molecule has 1 saturated carbocycles. The third kappa shape index (κ3) is 3.82. The van der Waals surface area contributed by atoms with Crippen LogP contribution in [0.15, 0.2) is 24.3 Å². The van der Waals surface area contributed by atoms with Crippen LogP contribution in [0.4, 0.5) is 0 Å². The molecule has 0 spiro atoms. The van der Waals surface area contributed by atoms with Crippen LogP contribution >= 0.6 is 0 Å². The van der Waals surface area contributed by atoms with Gasteiger partial charge in [-0.1, -0.05) is 25.0 Å². The smallest absolute Gasteiger partial charge is 0.233 e. The van der Waals surface area contributed by atoms with E-state index in [-0.39, 0.29) is 17.6 Å². The van der Waals surface area contributed by atoms with Gasteiger partial charge in [0, 0.05) is 13.1 Å². The zero-order valence-electron chi connectivity index (χ0n) is 14.6. The minimum Gasteiger partial charge on any atom is -0.497 e. The van der Waals surface area contributed by atoms with E-state index in [0.717, 1.165) is 37.0 Å². The van der Waals surface area contributed by atoms with Crippen molar-refractivity contribution in [2.45, 2.75) is 37.5 Å². The number of amides is 1. The first-order valence-electron chi connectivity index (χ1n) is 8.78. The fraction of sp³-hybridized carbons (Fsp3) is 0.611. The van der Waals surface area contributed by atoms with Crippen molar-refractivity contribution in [2.24, 2.45) is 11.1 Å². The van der Waals surface area contributed by atoms with Gasteiger partial charge in [0.2, 0.25) is 15.9 Å². The minimum absolute atomic E-state index is 0.0493. The van der Waals surface area contributed by atoms with Crippen LogP contribution in [0.5, 0.6) is 5.75 Å². The minimum atomic E-state index is -3.50. The van der Waals surface area contributed by atoms with Crippen LogP contribution in [0.2, 0.25) is 0 Å². The van der Waals surface area contributed by atoms with Crippen LogP contribution < -0.4 is 9.88 Å². The van der Waals surface area contributed by atoms with Gasteiger partial charge in [-0.05, 0) is 42.9 Å². The quantitative estimate of drug-likeness (QED) is 0.858. The summed E-state index contributed by atoms with van der Waals surface area (Å²) in [5, 5.41) is 5.16. The molecule has 1 aromatic carbocycles. The van der Waals surface area contributed by atoms with E-state index in [1.807, 2.05) is 29.2 Å². The second-order valence-corrected chi connectivity index (χ2v) is 8.91. The molecule has 1 aliphatic carbocycles. The van der Waals surface area contributed by atoms with Gasteiger partial charge < -0.3 is 9.64 Å². The van der Waals surface area contributed by atoms with Gasteiger partial charge >= 0.3 is 0 Å². The van der Waals surface area contributed by atoms with Crippen LogP contribution in [-0.4, -0.2) is 45.2 Å². The third-order valence-corrected chi connectivity index (χ3v) is 6.49. The Kier molecular flexibility index (Phi) is 5.06. The zero-order valence-corrected chi connectivity index (χ0v) is 15.4. The summed E-state index contributed by atoms with van der Waals surface area (Å²) in [6.45, 7) is 1.09. The van der Waals surface area contributed by atoms with Gasteiger partial charge in [0.25, 0.3) is 0 Å². The molecule has 1 heterocycles. The Morgan fingerprint density at radius 1 is 1.28 bits per heavy atom. The molecule has 2 aliphatic rings. The second-order valence-electron chi connectivity index (χ2n) is 7.25. The van der Waals surface area contributed by atoms with Crippen LogP contribution in [0, 0.1) is 5.92 Å². The summed E-state index contributed by atoms with van der Waals surface area (Å²) in [5.74, 6) is 0.797. The zero-order chi connectivity index (χ0) is 18.1. The Labute approximate surface area is 149 Å². The Balaban J connectivity index is 1.79. The summed E-state index contributed by atoms with van der Waals surface area (Å²) >= 11 is 0. The molecular weight excluding hydrogens is 340 g/mol. The normalized spacial score (nSPS) is 23.0. The summed E-state index contributed by atoms with van der Waals surface area (Å²) < 4.78 is 27.9. The van der Waals surface area contributed by atoms with Crippen molar-refractivity contribution in [3.63, 3.8) is 0 Å². The van der Waals surface area contributed by atoms with E-state index >= 15 is 0 Å². The molecule has 138 valence electrons. The van der Waals surface area contributed by atoms with Gasteiger partial charge in [0.05, 0.1) is 18.3 Å². The molecule has 0 aromatic heterocycles. The predicted octanol–water partition coefficient (Wildman–Crippen LogP) is 1.64. The summed E-state index contributed by atoms with van der Waals surface area (Å²) in [5.41, 5.74) is 0.550. The van der Waals surface area contributed by atoms with Gasteiger partial charge in [0.15, 0.2) is 0 Å². The lowest BCUT2D eigenvalue weighted by Gasteiger charge is -2.33. The average molecular weight is 366 g/mol. The molecule has 1 atom stereocenters. The number of benzene rings is 1. The van der Waals surface area contributed by atoms with Crippen molar-refractivity contribution >= 4 is 15.9 Å². The predicted molar refractivity (Wildman–Crippen MR) is 95.8 cm³/mol. The van der Waals surface area contributed by atoms with Crippen molar-refractivity contribution in [3.8, 4) is 5.75 Å². The van der Waals surface area contributed by atoms with Gasteiger partial charge in [0.1, 0.15) is 5.75 Å². The molecule has 2 fully saturated rings. The summed E-state index contributed by atoms with van der Waals surface area (Å²) in [7, 11) is -1.88. The van der Waals surface area contributed by atoms with E-state index in [2.05, 4.69) is 0 Å². The maximum absolute atomic E-state index is 13.3. The number of likely N-dealkylation sites (tertiary alicyclic amines) is 1. The van der Waals surface area contributed by atoms with E-state index in [4.69, 9.17) is 9.88 Å². The Morgan fingerprint density at radius 2 is 1.92 bits per heavy atom. The molecule has 25 heavy (non-hydrogen) atoms. The molecule has 1 amide bonds. The molecule has 7 heteroatoms. The maximum Gasteiger partial charge on any atom is 0.233 e. The van der Waals surface area contributed by atoms with Crippen molar-refractivity contribution in [1.29, 1.82) is 0 Å². The first-order chi connectivity index (χ1) is 11.8. The number of hydrogen-bond acceptors (Lipinski definition) is 4. The Hall–Kier alpha value is -1.60. The SMILES string of the molecule is COc1ccc(C2(C(=O)N3CC[C@@H](CS(N)(=O)=O)C3)CCCC2)cc1. The number of ether oxygens (including phenoxy) is 1. The number of methoxy groups -OCH3 is 1. The lowest BCUT2D eigenvalue weighted by molar-refractivity contribution is -0.136.